The summed E-state index contributed by atoms with van der Waals surface area (Å²) < 4.78 is 27.6. The van der Waals surface area contributed by atoms with Gasteiger partial charge in [0.05, 0.1) is 16.1 Å². The third kappa shape index (κ3) is 6.69. The molecule has 1 amide bonds. The monoisotopic (exact) mass is 567 g/mol. The van der Waals surface area contributed by atoms with Crippen LogP contribution in [0.4, 0.5) is 8.78 Å². The molecule has 1 atom stereocenters. The second-order valence-electron chi connectivity index (χ2n) is 8.75. The average Bonchev–Trinajstić information content (AvgIpc) is 2.90. The van der Waals surface area contributed by atoms with Gasteiger partial charge in [0.25, 0.3) is 5.91 Å². The van der Waals surface area contributed by atoms with E-state index < -0.39 is 35.3 Å². The number of halogens is 4. The highest BCUT2D eigenvalue weighted by atomic mass is 35.5. The first kappa shape index (κ1) is 28.0. The third-order valence-electron chi connectivity index (χ3n) is 6.07. The van der Waals surface area contributed by atoms with E-state index >= 15 is 0 Å². The second kappa shape index (κ2) is 12.2. The lowest BCUT2D eigenvalue weighted by atomic mass is 9.99. The van der Waals surface area contributed by atoms with E-state index in [1.807, 2.05) is 0 Å². The minimum Gasteiger partial charge on any atom is -0.480 e. The first-order valence-electron chi connectivity index (χ1n) is 11.8. The first-order valence-corrected chi connectivity index (χ1v) is 12.5. The SMILES string of the molecule is O=C(c1cccc(CN(C(=O)c2ccc(Cl)cc2Cl)[C@@H](Cc2ccccc2)C(=O)O)c1)c1ccc(F)cc1F. The van der Waals surface area contributed by atoms with E-state index in [-0.39, 0.29) is 34.7 Å². The summed E-state index contributed by atoms with van der Waals surface area (Å²) in [4.78, 5) is 40.3. The molecule has 0 radical (unpaired) electrons. The summed E-state index contributed by atoms with van der Waals surface area (Å²) in [5, 5.41) is 10.5. The molecule has 0 unspecified atom stereocenters. The number of carboxylic acids is 1. The van der Waals surface area contributed by atoms with Gasteiger partial charge in [0.15, 0.2) is 5.78 Å². The maximum atomic E-state index is 14.3. The van der Waals surface area contributed by atoms with Crippen LogP contribution in [0.25, 0.3) is 0 Å². The van der Waals surface area contributed by atoms with E-state index in [1.54, 1.807) is 36.4 Å². The number of rotatable bonds is 9. The fourth-order valence-corrected chi connectivity index (χ4v) is 4.64. The van der Waals surface area contributed by atoms with Gasteiger partial charge in [-0.2, -0.15) is 0 Å². The number of amides is 1. The van der Waals surface area contributed by atoms with Gasteiger partial charge in [-0.1, -0.05) is 71.7 Å². The van der Waals surface area contributed by atoms with Crippen LogP contribution in [0.5, 0.6) is 0 Å². The lowest BCUT2D eigenvalue weighted by Gasteiger charge is -2.30. The van der Waals surface area contributed by atoms with Crippen molar-refractivity contribution in [3.05, 3.63) is 140 Å². The van der Waals surface area contributed by atoms with Crippen LogP contribution in [0, 0.1) is 11.6 Å². The van der Waals surface area contributed by atoms with Crippen LogP contribution in [-0.4, -0.2) is 33.7 Å². The molecule has 0 aliphatic carbocycles. The van der Waals surface area contributed by atoms with Crippen molar-refractivity contribution >= 4 is 40.9 Å². The van der Waals surface area contributed by atoms with Crippen molar-refractivity contribution in [2.45, 2.75) is 19.0 Å². The van der Waals surface area contributed by atoms with Gasteiger partial charge in [0.2, 0.25) is 0 Å². The van der Waals surface area contributed by atoms with Crippen molar-refractivity contribution in [3.8, 4) is 0 Å². The highest BCUT2D eigenvalue weighted by Crippen LogP contribution is 2.26. The van der Waals surface area contributed by atoms with Crippen molar-refractivity contribution in [2.75, 3.05) is 0 Å². The number of carboxylic acid groups (broad SMARTS) is 1. The molecule has 9 heteroatoms. The van der Waals surface area contributed by atoms with E-state index in [4.69, 9.17) is 23.2 Å². The van der Waals surface area contributed by atoms with Crippen LogP contribution in [0.15, 0.2) is 91.0 Å². The maximum Gasteiger partial charge on any atom is 0.326 e. The predicted octanol–water partition coefficient (Wildman–Crippen LogP) is 6.84. The van der Waals surface area contributed by atoms with Gasteiger partial charge in [-0.25, -0.2) is 13.6 Å². The fraction of sp³-hybridized carbons (Fsp3) is 0.100. The van der Waals surface area contributed by atoms with Gasteiger partial charge < -0.3 is 10.0 Å². The molecule has 198 valence electrons. The molecule has 0 spiro atoms. The van der Waals surface area contributed by atoms with Crippen molar-refractivity contribution in [3.63, 3.8) is 0 Å². The zero-order valence-corrected chi connectivity index (χ0v) is 21.8. The molecule has 0 bridgehead atoms. The molecule has 5 nitrogen and oxygen atoms in total. The Bertz CT molecular complexity index is 1550. The number of carbonyl (C=O) groups is 3. The standard InChI is InChI=1S/C30H21Cl2F2NO4/c31-21-9-11-23(25(32)15-21)29(37)35(27(30(38)39)14-18-5-2-1-3-6-18)17-19-7-4-8-20(13-19)28(36)24-12-10-22(33)16-26(24)34/h1-13,15-16,27H,14,17H2,(H,38,39)/t27-/m0/s1. The summed E-state index contributed by atoms with van der Waals surface area (Å²) in [5.74, 6) is -4.40. The maximum absolute atomic E-state index is 14.3. The Morgan fingerprint density at radius 3 is 2.15 bits per heavy atom. The third-order valence-corrected chi connectivity index (χ3v) is 6.62. The highest BCUT2D eigenvalue weighted by Gasteiger charge is 2.32. The summed E-state index contributed by atoms with van der Waals surface area (Å²) in [6.45, 7) is -0.200. The van der Waals surface area contributed by atoms with Crippen LogP contribution in [0.2, 0.25) is 10.0 Å². The number of hydrogen-bond acceptors (Lipinski definition) is 3. The van der Waals surface area contributed by atoms with E-state index in [2.05, 4.69) is 0 Å². The molecule has 0 heterocycles. The molecular formula is C30H21Cl2F2NO4. The first-order chi connectivity index (χ1) is 18.6. The number of aliphatic carboxylic acids is 1. The van der Waals surface area contributed by atoms with Crippen LogP contribution in [0.1, 0.15) is 37.4 Å². The number of hydrogen-bond donors (Lipinski definition) is 1. The Balaban J connectivity index is 1.72. The lowest BCUT2D eigenvalue weighted by Crippen LogP contribution is -2.46. The summed E-state index contributed by atoms with van der Waals surface area (Å²) in [6, 6.07) is 20.5. The molecule has 1 N–H and O–H groups in total. The van der Waals surface area contributed by atoms with Gasteiger partial charge in [0.1, 0.15) is 17.7 Å². The van der Waals surface area contributed by atoms with E-state index in [9.17, 15) is 28.3 Å². The molecule has 0 aliphatic heterocycles. The Morgan fingerprint density at radius 2 is 1.49 bits per heavy atom. The van der Waals surface area contributed by atoms with Gasteiger partial charge in [-0.15, -0.1) is 0 Å². The smallest absolute Gasteiger partial charge is 0.326 e. The van der Waals surface area contributed by atoms with Crippen LogP contribution in [-0.2, 0) is 17.8 Å². The van der Waals surface area contributed by atoms with Crippen molar-refractivity contribution < 1.29 is 28.3 Å². The minimum atomic E-state index is -1.29. The van der Waals surface area contributed by atoms with E-state index in [0.717, 1.165) is 17.0 Å². The van der Waals surface area contributed by atoms with Crippen molar-refractivity contribution in [2.24, 2.45) is 0 Å². The van der Waals surface area contributed by atoms with Crippen molar-refractivity contribution in [1.29, 1.82) is 0 Å². The molecule has 0 aromatic heterocycles. The second-order valence-corrected chi connectivity index (χ2v) is 9.60. The van der Waals surface area contributed by atoms with Gasteiger partial charge in [-0.3, -0.25) is 9.59 Å². The van der Waals surface area contributed by atoms with Gasteiger partial charge in [-0.05, 0) is 47.5 Å². The number of nitrogens with zero attached hydrogens (tertiary/aromatic N) is 1. The largest absolute Gasteiger partial charge is 0.480 e. The quantitative estimate of drug-likeness (QED) is 0.225. The average molecular weight is 568 g/mol. The number of benzene rings is 4. The highest BCUT2D eigenvalue weighted by molar-refractivity contribution is 6.36. The fourth-order valence-electron chi connectivity index (χ4n) is 4.15. The Hall–Kier alpha value is -4.07. The Morgan fingerprint density at radius 1 is 0.795 bits per heavy atom. The molecule has 39 heavy (non-hydrogen) atoms. The molecule has 4 aromatic rings. The normalized spacial score (nSPS) is 11.6. The molecule has 0 saturated heterocycles. The molecule has 0 saturated carbocycles. The van der Waals surface area contributed by atoms with Crippen molar-refractivity contribution in [1.82, 2.24) is 4.90 Å². The Kier molecular flexibility index (Phi) is 8.74. The minimum absolute atomic E-state index is 0.00648. The summed E-state index contributed by atoms with van der Waals surface area (Å²) >= 11 is 12.3. The molecule has 0 fully saturated rings. The summed E-state index contributed by atoms with van der Waals surface area (Å²) in [6.07, 6.45) is 0.00648. The number of ketones is 1. The summed E-state index contributed by atoms with van der Waals surface area (Å²) in [7, 11) is 0. The van der Waals surface area contributed by atoms with Gasteiger partial charge in [0, 0.05) is 29.6 Å². The Labute approximate surface area is 233 Å². The summed E-state index contributed by atoms with van der Waals surface area (Å²) in [5.41, 5.74) is 0.939. The molecule has 4 aromatic carbocycles. The number of carbonyl (C=O) groups excluding carboxylic acids is 2. The van der Waals surface area contributed by atoms with Crippen LogP contribution in [0.3, 0.4) is 0 Å². The molecular weight excluding hydrogens is 547 g/mol. The van der Waals surface area contributed by atoms with Gasteiger partial charge >= 0.3 is 5.97 Å². The molecule has 4 rings (SSSR count). The van der Waals surface area contributed by atoms with Crippen LogP contribution >= 0.6 is 23.2 Å². The van der Waals surface area contributed by atoms with Crippen LogP contribution < -0.4 is 0 Å². The predicted molar refractivity (Wildman–Crippen MR) is 144 cm³/mol. The zero-order valence-electron chi connectivity index (χ0n) is 20.3. The van der Waals surface area contributed by atoms with E-state index in [1.165, 1.54) is 36.4 Å². The van der Waals surface area contributed by atoms with E-state index in [0.29, 0.717) is 22.2 Å². The lowest BCUT2D eigenvalue weighted by molar-refractivity contribution is -0.142. The molecule has 0 aliphatic rings. The zero-order chi connectivity index (χ0) is 28.1. The topological polar surface area (TPSA) is 74.7 Å².